The summed E-state index contributed by atoms with van der Waals surface area (Å²) in [6.45, 7) is 7.82. The number of aromatic nitrogens is 2. The second-order valence-corrected chi connectivity index (χ2v) is 4.81. The molecule has 0 spiro atoms. The maximum absolute atomic E-state index is 4.40. The van der Waals surface area contributed by atoms with Crippen LogP contribution < -0.4 is 4.90 Å². The molecule has 0 aliphatic carbocycles. The van der Waals surface area contributed by atoms with Gasteiger partial charge in [-0.1, -0.05) is 0 Å². The van der Waals surface area contributed by atoms with Gasteiger partial charge in [0.25, 0.3) is 0 Å². The Morgan fingerprint density at radius 3 is 2.80 bits per heavy atom. The maximum atomic E-state index is 4.40. The third kappa shape index (κ3) is 2.16. The summed E-state index contributed by atoms with van der Waals surface area (Å²) in [5, 5.41) is 4.40. The number of anilines is 1. The van der Waals surface area contributed by atoms with Crippen molar-refractivity contribution >= 4 is 5.69 Å². The van der Waals surface area contributed by atoms with Gasteiger partial charge in [0.1, 0.15) is 0 Å². The van der Waals surface area contributed by atoms with E-state index in [2.05, 4.69) is 37.0 Å². The van der Waals surface area contributed by atoms with E-state index in [1.165, 1.54) is 31.5 Å². The van der Waals surface area contributed by atoms with Gasteiger partial charge in [0.15, 0.2) is 0 Å². The molecular formula is C12H21N3. The van der Waals surface area contributed by atoms with E-state index < -0.39 is 0 Å². The zero-order valence-corrected chi connectivity index (χ0v) is 9.98. The molecule has 0 saturated carbocycles. The summed E-state index contributed by atoms with van der Waals surface area (Å²) >= 11 is 0. The monoisotopic (exact) mass is 207 g/mol. The lowest BCUT2D eigenvalue weighted by molar-refractivity contribution is 0.484. The first-order chi connectivity index (χ1) is 7.18. The summed E-state index contributed by atoms with van der Waals surface area (Å²) in [6.07, 6.45) is 8.17. The second-order valence-electron chi connectivity index (χ2n) is 4.81. The molecule has 15 heavy (non-hydrogen) atoms. The van der Waals surface area contributed by atoms with Gasteiger partial charge in [0.2, 0.25) is 0 Å². The van der Waals surface area contributed by atoms with Crippen LogP contribution in [0.25, 0.3) is 0 Å². The molecule has 0 radical (unpaired) electrons. The molecule has 1 aliphatic heterocycles. The first-order valence-corrected chi connectivity index (χ1v) is 5.99. The highest BCUT2D eigenvalue weighted by atomic mass is 15.3. The molecule has 1 atom stereocenters. The van der Waals surface area contributed by atoms with Gasteiger partial charge in [-0.25, -0.2) is 0 Å². The Hall–Kier alpha value is -0.990. The molecule has 3 heteroatoms. The minimum Gasteiger partial charge on any atom is -0.366 e. The molecular weight excluding hydrogens is 186 g/mol. The van der Waals surface area contributed by atoms with Gasteiger partial charge in [-0.2, -0.15) is 5.10 Å². The molecule has 2 heterocycles. The molecule has 1 aliphatic rings. The highest BCUT2D eigenvalue weighted by Gasteiger charge is 2.19. The SMILES string of the molecule is CC1CCCCN1c1cnn(C(C)C)c1. The Labute approximate surface area is 92.1 Å². The van der Waals surface area contributed by atoms with Crippen LogP contribution in [0.1, 0.15) is 46.1 Å². The van der Waals surface area contributed by atoms with Crippen molar-refractivity contribution in [3.63, 3.8) is 0 Å². The van der Waals surface area contributed by atoms with Crippen molar-refractivity contribution in [2.45, 2.75) is 52.1 Å². The standard InChI is InChI=1S/C12H21N3/c1-10(2)15-9-12(8-13-15)14-7-5-4-6-11(14)3/h8-11H,4-7H2,1-3H3. The Morgan fingerprint density at radius 2 is 2.20 bits per heavy atom. The number of hydrogen-bond acceptors (Lipinski definition) is 2. The number of piperidine rings is 1. The third-order valence-electron chi connectivity index (χ3n) is 3.25. The van der Waals surface area contributed by atoms with Crippen molar-refractivity contribution in [2.24, 2.45) is 0 Å². The minimum absolute atomic E-state index is 0.457. The van der Waals surface area contributed by atoms with E-state index in [0.717, 1.165) is 0 Å². The van der Waals surface area contributed by atoms with Crippen molar-refractivity contribution in [1.82, 2.24) is 9.78 Å². The molecule has 1 fully saturated rings. The fourth-order valence-corrected chi connectivity index (χ4v) is 2.24. The highest BCUT2D eigenvalue weighted by Crippen LogP contribution is 2.24. The zero-order valence-electron chi connectivity index (χ0n) is 9.98. The van der Waals surface area contributed by atoms with Gasteiger partial charge in [-0.05, 0) is 40.0 Å². The van der Waals surface area contributed by atoms with Gasteiger partial charge in [0.05, 0.1) is 11.9 Å². The van der Waals surface area contributed by atoms with Crippen LogP contribution in [0.4, 0.5) is 5.69 Å². The van der Waals surface area contributed by atoms with E-state index in [4.69, 9.17) is 0 Å². The minimum atomic E-state index is 0.457. The summed E-state index contributed by atoms with van der Waals surface area (Å²) < 4.78 is 2.04. The first-order valence-electron chi connectivity index (χ1n) is 5.99. The zero-order chi connectivity index (χ0) is 10.8. The molecule has 84 valence electrons. The Balaban J connectivity index is 2.13. The average molecular weight is 207 g/mol. The van der Waals surface area contributed by atoms with Gasteiger partial charge in [0, 0.05) is 24.8 Å². The maximum Gasteiger partial charge on any atom is 0.0755 e. The average Bonchev–Trinajstić information content (AvgIpc) is 2.67. The van der Waals surface area contributed by atoms with Crippen LogP contribution in [-0.4, -0.2) is 22.4 Å². The van der Waals surface area contributed by atoms with E-state index in [0.29, 0.717) is 12.1 Å². The predicted octanol–water partition coefficient (Wildman–Crippen LogP) is 2.84. The topological polar surface area (TPSA) is 21.1 Å². The summed E-state index contributed by atoms with van der Waals surface area (Å²) in [5.41, 5.74) is 1.29. The summed E-state index contributed by atoms with van der Waals surface area (Å²) in [7, 11) is 0. The molecule has 0 bridgehead atoms. The van der Waals surface area contributed by atoms with Crippen LogP contribution in [-0.2, 0) is 0 Å². The van der Waals surface area contributed by atoms with Crippen molar-refractivity contribution < 1.29 is 0 Å². The van der Waals surface area contributed by atoms with Crippen molar-refractivity contribution in [2.75, 3.05) is 11.4 Å². The number of hydrogen-bond donors (Lipinski definition) is 0. The van der Waals surface area contributed by atoms with Crippen LogP contribution in [0.3, 0.4) is 0 Å². The normalized spacial score (nSPS) is 22.4. The summed E-state index contributed by atoms with van der Waals surface area (Å²) in [4.78, 5) is 2.48. The van der Waals surface area contributed by atoms with Gasteiger partial charge >= 0.3 is 0 Å². The van der Waals surface area contributed by atoms with Crippen molar-refractivity contribution in [3.05, 3.63) is 12.4 Å². The molecule has 3 nitrogen and oxygen atoms in total. The smallest absolute Gasteiger partial charge is 0.0755 e. The van der Waals surface area contributed by atoms with Crippen LogP contribution in [0, 0.1) is 0 Å². The highest BCUT2D eigenvalue weighted by molar-refractivity contribution is 5.43. The van der Waals surface area contributed by atoms with E-state index in [-0.39, 0.29) is 0 Å². The molecule has 0 amide bonds. The van der Waals surface area contributed by atoms with E-state index in [1.54, 1.807) is 0 Å². The van der Waals surface area contributed by atoms with Crippen LogP contribution in [0.2, 0.25) is 0 Å². The van der Waals surface area contributed by atoms with Gasteiger partial charge in [-0.3, -0.25) is 4.68 Å². The predicted molar refractivity (Wildman–Crippen MR) is 63.3 cm³/mol. The number of nitrogens with zero attached hydrogens (tertiary/aromatic N) is 3. The molecule has 1 aromatic heterocycles. The Kier molecular flexibility index (Phi) is 2.98. The van der Waals surface area contributed by atoms with Crippen molar-refractivity contribution in [1.29, 1.82) is 0 Å². The fraction of sp³-hybridized carbons (Fsp3) is 0.750. The second kappa shape index (κ2) is 4.25. The molecule has 1 unspecified atom stereocenters. The quantitative estimate of drug-likeness (QED) is 0.743. The van der Waals surface area contributed by atoms with E-state index >= 15 is 0 Å². The van der Waals surface area contributed by atoms with Crippen LogP contribution >= 0.6 is 0 Å². The lowest BCUT2D eigenvalue weighted by atomic mass is 10.0. The summed E-state index contributed by atoms with van der Waals surface area (Å²) in [6, 6.07) is 1.13. The lowest BCUT2D eigenvalue weighted by Crippen LogP contribution is -2.37. The molecule has 2 rings (SSSR count). The van der Waals surface area contributed by atoms with Gasteiger partial charge in [-0.15, -0.1) is 0 Å². The molecule has 1 aromatic rings. The fourth-order valence-electron chi connectivity index (χ4n) is 2.24. The first kappa shape index (κ1) is 10.5. The largest absolute Gasteiger partial charge is 0.366 e. The molecule has 1 saturated heterocycles. The third-order valence-corrected chi connectivity index (χ3v) is 3.25. The van der Waals surface area contributed by atoms with E-state index in [9.17, 15) is 0 Å². The van der Waals surface area contributed by atoms with Gasteiger partial charge < -0.3 is 4.90 Å². The summed E-state index contributed by atoms with van der Waals surface area (Å²) in [5.74, 6) is 0. The lowest BCUT2D eigenvalue weighted by Gasteiger charge is -2.34. The van der Waals surface area contributed by atoms with Crippen molar-refractivity contribution in [3.8, 4) is 0 Å². The Morgan fingerprint density at radius 1 is 1.40 bits per heavy atom. The molecule has 0 N–H and O–H groups in total. The number of rotatable bonds is 2. The van der Waals surface area contributed by atoms with E-state index in [1.807, 2.05) is 10.9 Å². The van der Waals surface area contributed by atoms with Crippen LogP contribution in [0.15, 0.2) is 12.4 Å². The Bertz CT molecular complexity index is 316. The van der Waals surface area contributed by atoms with Crippen LogP contribution in [0.5, 0.6) is 0 Å². The molecule has 0 aromatic carbocycles.